The lowest BCUT2D eigenvalue weighted by molar-refractivity contribution is 0.0947. The predicted molar refractivity (Wildman–Crippen MR) is 95.7 cm³/mol. The Hall–Kier alpha value is -3.15. The summed E-state index contributed by atoms with van der Waals surface area (Å²) >= 11 is 0. The fraction of sp³-hybridized carbons (Fsp3) is 0.211. The van der Waals surface area contributed by atoms with Gasteiger partial charge in [-0.05, 0) is 29.7 Å². The van der Waals surface area contributed by atoms with Gasteiger partial charge in [0.2, 0.25) is 5.95 Å². The summed E-state index contributed by atoms with van der Waals surface area (Å²) < 4.78 is 5.18. The topological polar surface area (TPSA) is 80.0 Å². The van der Waals surface area contributed by atoms with E-state index in [9.17, 15) is 4.79 Å². The van der Waals surface area contributed by atoms with Crippen LogP contribution in [0.15, 0.2) is 59.5 Å². The van der Waals surface area contributed by atoms with E-state index in [1.807, 2.05) is 18.2 Å². The van der Waals surface area contributed by atoms with Crippen LogP contribution >= 0.6 is 0 Å². The summed E-state index contributed by atoms with van der Waals surface area (Å²) in [5.74, 6) is 1.29. The van der Waals surface area contributed by atoms with Gasteiger partial charge in [-0.3, -0.25) is 4.79 Å². The number of carbonyl (C=O) groups excluding carboxylic acids is 1. The van der Waals surface area contributed by atoms with Gasteiger partial charge in [-0.2, -0.15) is 0 Å². The predicted octanol–water partition coefficient (Wildman–Crippen LogP) is 3.87. The minimum atomic E-state index is -0.245. The lowest BCUT2D eigenvalue weighted by Gasteiger charge is -2.13. The van der Waals surface area contributed by atoms with Crippen molar-refractivity contribution in [2.45, 2.75) is 26.3 Å². The highest BCUT2D eigenvalue weighted by Crippen LogP contribution is 2.25. The zero-order valence-corrected chi connectivity index (χ0v) is 14.2. The Labute approximate surface area is 146 Å². The third-order valence-electron chi connectivity index (χ3n) is 3.75. The fourth-order valence-corrected chi connectivity index (χ4v) is 2.43. The average Bonchev–Trinajstić information content (AvgIpc) is 3.14. The molecule has 0 aliphatic carbocycles. The first-order valence-corrected chi connectivity index (χ1v) is 8.12. The summed E-state index contributed by atoms with van der Waals surface area (Å²) in [6, 6.07) is 11.6. The zero-order valence-electron chi connectivity index (χ0n) is 14.2. The summed E-state index contributed by atoms with van der Waals surface area (Å²) in [6.07, 6.45) is 4.58. The molecule has 0 aliphatic rings. The summed E-state index contributed by atoms with van der Waals surface area (Å²) in [6.45, 7) is 4.59. The Balaban J connectivity index is 1.65. The number of aromatic nitrogens is 2. The Morgan fingerprint density at radius 3 is 2.56 bits per heavy atom. The molecule has 6 nitrogen and oxygen atoms in total. The molecule has 2 N–H and O–H groups in total. The van der Waals surface area contributed by atoms with Crippen LogP contribution in [-0.2, 0) is 6.54 Å². The van der Waals surface area contributed by atoms with Crippen LogP contribution < -0.4 is 10.6 Å². The third-order valence-corrected chi connectivity index (χ3v) is 3.75. The second-order valence-electron chi connectivity index (χ2n) is 5.92. The zero-order chi connectivity index (χ0) is 17.6. The van der Waals surface area contributed by atoms with Gasteiger partial charge in [0.1, 0.15) is 5.76 Å². The number of furan rings is 1. The molecule has 6 heteroatoms. The number of hydrogen-bond acceptors (Lipinski definition) is 5. The van der Waals surface area contributed by atoms with Crippen molar-refractivity contribution in [3.05, 3.63) is 71.9 Å². The van der Waals surface area contributed by atoms with E-state index in [0.29, 0.717) is 29.7 Å². The Bertz CT molecular complexity index is 827. The van der Waals surface area contributed by atoms with Crippen LogP contribution in [0.2, 0.25) is 0 Å². The van der Waals surface area contributed by atoms with Crippen molar-refractivity contribution in [2.24, 2.45) is 0 Å². The molecule has 0 saturated heterocycles. The first kappa shape index (κ1) is 16.7. The second kappa shape index (κ2) is 7.61. The highest BCUT2D eigenvalue weighted by molar-refractivity contribution is 5.93. The van der Waals surface area contributed by atoms with Gasteiger partial charge in [0.05, 0.1) is 18.4 Å². The monoisotopic (exact) mass is 336 g/mol. The van der Waals surface area contributed by atoms with E-state index in [-0.39, 0.29) is 5.91 Å². The molecular formula is C19H20N4O2. The highest BCUT2D eigenvalue weighted by Gasteiger charge is 2.10. The fourth-order valence-electron chi connectivity index (χ4n) is 2.43. The molecule has 0 spiro atoms. The Kier molecular flexibility index (Phi) is 5.09. The van der Waals surface area contributed by atoms with Gasteiger partial charge in [-0.15, -0.1) is 0 Å². The summed E-state index contributed by atoms with van der Waals surface area (Å²) in [7, 11) is 0. The van der Waals surface area contributed by atoms with Gasteiger partial charge in [0.25, 0.3) is 5.91 Å². The number of para-hydroxylation sites is 1. The van der Waals surface area contributed by atoms with Gasteiger partial charge >= 0.3 is 0 Å². The number of hydrogen-bond donors (Lipinski definition) is 2. The molecule has 0 unspecified atom stereocenters. The van der Waals surface area contributed by atoms with Gasteiger partial charge in [-0.25, -0.2) is 9.97 Å². The van der Waals surface area contributed by atoms with Crippen molar-refractivity contribution in [1.82, 2.24) is 15.3 Å². The van der Waals surface area contributed by atoms with Crippen LogP contribution in [0.5, 0.6) is 0 Å². The maximum absolute atomic E-state index is 12.1. The lowest BCUT2D eigenvalue weighted by Crippen LogP contribution is -2.23. The van der Waals surface area contributed by atoms with Gasteiger partial charge < -0.3 is 15.1 Å². The maximum Gasteiger partial charge on any atom is 0.254 e. The molecule has 25 heavy (non-hydrogen) atoms. The number of benzene rings is 1. The number of carbonyl (C=O) groups is 1. The minimum Gasteiger partial charge on any atom is -0.467 e. The highest BCUT2D eigenvalue weighted by atomic mass is 16.3. The van der Waals surface area contributed by atoms with Crippen LogP contribution in [0.25, 0.3) is 0 Å². The van der Waals surface area contributed by atoms with Crippen molar-refractivity contribution in [3.63, 3.8) is 0 Å². The van der Waals surface area contributed by atoms with E-state index >= 15 is 0 Å². The first-order chi connectivity index (χ1) is 12.1. The molecule has 0 saturated carbocycles. The molecular weight excluding hydrogens is 316 g/mol. The summed E-state index contributed by atoms with van der Waals surface area (Å²) in [5.41, 5.74) is 2.55. The van der Waals surface area contributed by atoms with Crippen molar-refractivity contribution in [1.29, 1.82) is 0 Å². The van der Waals surface area contributed by atoms with Crippen LogP contribution in [0.4, 0.5) is 11.6 Å². The SMILES string of the molecule is CC(C)c1ccccc1Nc1ncc(C(=O)NCc2ccco2)cn1. The third kappa shape index (κ3) is 4.23. The van der Waals surface area contributed by atoms with Crippen LogP contribution in [0, 0.1) is 0 Å². The molecule has 2 aromatic heterocycles. The smallest absolute Gasteiger partial charge is 0.254 e. The van der Waals surface area contributed by atoms with Crippen molar-refractivity contribution >= 4 is 17.5 Å². The standard InChI is InChI=1S/C19H20N4O2/c1-13(2)16-7-3-4-8-17(16)23-19-21-10-14(11-22-19)18(24)20-12-15-6-5-9-25-15/h3-11,13H,12H2,1-2H3,(H,20,24)(H,21,22,23). The molecule has 1 amide bonds. The molecule has 0 radical (unpaired) electrons. The van der Waals surface area contributed by atoms with E-state index in [4.69, 9.17) is 4.42 Å². The van der Waals surface area contributed by atoms with Crippen molar-refractivity contribution in [2.75, 3.05) is 5.32 Å². The molecule has 0 aliphatic heterocycles. The molecule has 3 rings (SSSR count). The summed E-state index contributed by atoms with van der Waals surface area (Å²) in [4.78, 5) is 20.6. The number of amides is 1. The number of rotatable bonds is 6. The number of anilines is 2. The lowest BCUT2D eigenvalue weighted by atomic mass is 10.0. The summed E-state index contributed by atoms with van der Waals surface area (Å²) in [5, 5.41) is 5.97. The van der Waals surface area contributed by atoms with Gasteiger partial charge in [0, 0.05) is 18.1 Å². The molecule has 0 fully saturated rings. The Morgan fingerprint density at radius 1 is 1.12 bits per heavy atom. The number of nitrogens with one attached hydrogen (secondary N) is 2. The molecule has 0 bridgehead atoms. The first-order valence-electron chi connectivity index (χ1n) is 8.12. The second-order valence-corrected chi connectivity index (χ2v) is 5.92. The van der Waals surface area contributed by atoms with Crippen LogP contribution in [0.3, 0.4) is 0 Å². The molecule has 0 atom stereocenters. The van der Waals surface area contributed by atoms with E-state index in [2.05, 4.69) is 40.5 Å². The van der Waals surface area contributed by atoms with Crippen LogP contribution in [-0.4, -0.2) is 15.9 Å². The normalized spacial score (nSPS) is 10.7. The molecule has 2 heterocycles. The van der Waals surface area contributed by atoms with Crippen molar-refractivity contribution in [3.8, 4) is 0 Å². The molecule has 128 valence electrons. The Morgan fingerprint density at radius 2 is 1.88 bits per heavy atom. The average molecular weight is 336 g/mol. The van der Waals surface area contributed by atoms with Gasteiger partial charge in [-0.1, -0.05) is 32.0 Å². The van der Waals surface area contributed by atoms with Crippen LogP contribution in [0.1, 0.15) is 41.4 Å². The van der Waals surface area contributed by atoms with Crippen molar-refractivity contribution < 1.29 is 9.21 Å². The minimum absolute atomic E-state index is 0.245. The van der Waals surface area contributed by atoms with E-state index < -0.39 is 0 Å². The maximum atomic E-state index is 12.1. The molecule has 3 aromatic rings. The van der Waals surface area contributed by atoms with E-state index in [0.717, 1.165) is 5.69 Å². The molecule has 1 aromatic carbocycles. The number of nitrogens with zero attached hydrogens (tertiary/aromatic N) is 2. The van der Waals surface area contributed by atoms with Gasteiger partial charge in [0.15, 0.2) is 0 Å². The van der Waals surface area contributed by atoms with E-state index in [1.54, 1.807) is 18.4 Å². The largest absolute Gasteiger partial charge is 0.467 e. The van der Waals surface area contributed by atoms with E-state index in [1.165, 1.54) is 18.0 Å². The quantitative estimate of drug-likeness (QED) is 0.714.